The van der Waals surface area contributed by atoms with E-state index < -0.39 is 0 Å². The lowest BCUT2D eigenvalue weighted by Gasteiger charge is -2.35. The fourth-order valence-corrected chi connectivity index (χ4v) is 4.19. The Morgan fingerprint density at radius 3 is 2.83 bits per heavy atom. The number of carbonyl (C=O) groups excluding carboxylic acids is 2. The summed E-state index contributed by atoms with van der Waals surface area (Å²) in [5, 5.41) is 4.45. The Hall–Kier alpha value is -3.29. The maximum absolute atomic E-state index is 13.2. The van der Waals surface area contributed by atoms with Crippen LogP contribution in [0.2, 0.25) is 0 Å². The molecule has 4 rings (SSSR count). The minimum absolute atomic E-state index is 0.00342. The smallest absolute Gasteiger partial charge is 0.225 e. The number of carbonyl (C=O) groups is 2. The van der Waals surface area contributed by atoms with Gasteiger partial charge in [0.2, 0.25) is 5.91 Å². The van der Waals surface area contributed by atoms with Crippen molar-refractivity contribution in [2.75, 3.05) is 6.54 Å². The molecule has 1 N–H and O–H groups in total. The van der Waals surface area contributed by atoms with Crippen molar-refractivity contribution >= 4 is 11.7 Å². The molecule has 0 bridgehead atoms. The first-order valence-electron chi connectivity index (χ1n) is 9.74. The molecular weight excluding hydrogens is 368 g/mol. The number of aromatic nitrogens is 5. The summed E-state index contributed by atoms with van der Waals surface area (Å²) in [5.74, 6) is 0.0285. The summed E-state index contributed by atoms with van der Waals surface area (Å²) < 4.78 is 1.76. The van der Waals surface area contributed by atoms with Crippen LogP contribution in [-0.2, 0) is 17.8 Å². The van der Waals surface area contributed by atoms with E-state index in [1.807, 2.05) is 30.9 Å². The summed E-state index contributed by atoms with van der Waals surface area (Å²) in [7, 11) is 0. The number of amides is 1. The minimum atomic E-state index is -0.251. The van der Waals surface area contributed by atoms with Gasteiger partial charge in [-0.2, -0.15) is 5.10 Å². The Morgan fingerprint density at radius 2 is 2.14 bits per heavy atom. The number of nitrogens with one attached hydrogen (secondary N) is 1. The summed E-state index contributed by atoms with van der Waals surface area (Å²) in [6, 6.07) is 3.60. The summed E-state index contributed by atoms with van der Waals surface area (Å²) in [5.41, 5.74) is 5.04. The highest BCUT2D eigenvalue weighted by Crippen LogP contribution is 2.33. The van der Waals surface area contributed by atoms with Crippen LogP contribution in [0, 0.1) is 13.8 Å². The number of fused-ring (bicyclic) bond motifs is 1. The topological polar surface area (TPSA) is 96.8 Å². The Bertz CT molecular complexity index is 1050. The van der Waals surface area contributed by atoms with Crippen LogP contribution in [0.4, 0.5) is 0 Å². The first-order chi connectivity index (χ1) is 14.0. The number of ketones is 1. The molecule has 1 amide bonds. The fourth-order valence-electron chi connectivity index (χ4n) is 4.19. The van der Waals surface area contributed by atoms with Crippen LogP contribution in [0.3, 0.4) is 0 Å². The van der Waals surface area contributed by atoms with E-state index >= 15 is 0 Å². The SMILES string of the molecule is CC(=O)c1c(C)nn(CCC(=O)N2CCc3[nH]cnc3C2c2cccnc2)c1C. The van der Waals surface area contributed by atoms with Crippen LogP contribution in [0.25, 0.3) is 0 Å². The molecule has 1 atom stereocenters. The van der Waals surface area contributed by atoms with Gasteiger partial charge in [-0.15, -0.1) is 0 Å². The van der Waals surface area contributed by atoms with Gasteiger partial charge in [-0.3, -0.25) is 19.3 Å². The molecule has 8 nitrogen and oxygen atoms in total. The molecule has 1 aliphatic rings. The number of hydrogen-bond donors (Lipinski definition) is 1. The quantitative estimate of drug-likeness (QED) is 0.673. The summed E-state index contributed by atoms with van der Waals surface area (Å²) in [6.07, 6.45) is 6.23. The van der Waals surface area contributed by atoms with Crippen molar-refractivity contribution in [1.29, 1.82) is 0 Å². The van der Waals surface area contributed by atoms with Gasteiger partial charge in [-0.05, 0) is 32.4 Å². The van der Waals surface area contributed by atoms with E-state index in [4.69, 9.17) is 0 Å². The average Bonchev–Trinajstić information content (AvgIpc) is 3.29. The number of hydrogen-bond acceptors (Lipinski definition) is 5. The number of rotatable bonds is 5. The first-order valence-corrected chi connectivity index (χ1v) is 9.74. The van der Waals surface area contributed by atoms with E-state index in [2.05, 4.69) is 20.1 Å². The Labute approximate surface area is 169 Å². The predicted molar refractivity (Wildman–Crippen MR) is 106 cm³/mol. The zero-order valence-corrected chi connectivity index (χ0v) is 16.8. The lowest BCUT2D eigenvalue weighted by Crippen LogP contribution is -2.41. The van der Waals surface area contributed by atoms with E-state index in [9.17, 15) is 9.59 Å². The molecule has 4 heterocycles. The molecule has 3 aromatic rings. The van der Waals surface area contributed by atoms with Gasteiger partial charge in [0.05, 0.1) is 23.3 Å². The van der Waals surface area contributed by atoms with Crippen LogP contribution in [0.15, 0.2) is 30.9 Å². The molecule has 8 heteroatoms. The maximum atomic E-state index is 13.2. The van der Waals surface area contributed by atoms with E-state index in [0.717, 1.165) is 29.1 Å². The zero-order chi connectivity index (χ0) is 20.5. The van der Waals surface area contributed by atoms with Crippen LogP contribution < -0.4 is 0 Å². The van der Waals surface area contributed by atoms with Crippen LogP contribution in [-0.4, -0.2) is 47.9 Å². The number of H-pyrrole nitrogens is 1. The zero-order valence-electron chi connectivity index (χ0n) is 16.8. The van der Waals surface area contributed by atoms with E-state index in [-0.39, 0.29) is 17.7 Å². The number of pyridine rings is 1. The average molecular weight is 392 g/mol. The second-order valence-electron chi connectivity index (χ2n) is 7.37. The molecule has 1 aliphatic heterocycles. The van der Waals surface area contributed by atoms with Gasteiger partial charge in [-0.25, -0.2) is 4.98 Å². The Morgan fingerprint density at radius 1 is 1.31 bits per heavy atom. The van der Waals surface area contributed by atoms with Crippen LogP contribution >= 0.6 is 0 Å². The van der Waals surface area contributed by atoms with Crippen molar-refractivity contribution < 1.29 is 9.59 Å². The largest absolute Gasteiger partial charge is 0.348 e. The monoisotopic (exact) mass is 392 g/mol. The minimum Gasteiger partial charge on any atom is -0.348 e. The summed E-state index contributed by atoms with van der Waals surface area (Å²) in [4.78, 5) is 38.8. The van der Waals surface area contributed by atoms with Crippen LogP contribution in [0.5, 0.6) is 0 Å². The molecular formula is C21H24N6O2. The molecule has 29 heavy (non-hydrogen) atoms. The van der Waals surface area contributed by atoms with Crippen molar-refractivity contribution in [3.05, 3.63) is 64.8 Å². The summed E-state index contributed by atoms with van der Waals surface area (Å²) in [6.45, 7) is 6.28. The lowest BCUT2D eigenvalue weighted by molar-refractivity contribution is -0.133. The second-order valence-corrected chi connectivity index (χ2v) is 7.37. The molecule has 0 saturated heterocycles. The number of aromatic amines is 1. The predicted octanol–water partition coefficient (Wildman–Crippen LogP) is 2.39. The number of imidazole rings is 1. The third-order valence-electron chi connectivity index (χ3n) is 5.52. The lowest BCUT2D eigenvalue weighted by atomic mass is 9.96. The highest BCUT2D eigenvalue weighted by atomic mass is 16.2. The summed E-state index contributed by atoms with van der Waals surface area (Å²) >= 11 is 0. The molecule has 3 aromatic heterocycles. The number of nitrogens with zero attached hydrogens (tertiary/aromatic N) is 5. The highest BCUT2D eigenvalue weighted by Gasteiger charge is 2.34. The fraction of sp³-hybridized carbons (Fsp3) is 0.381. The van der Waals surface area contributed by atoms with Gasteiger partial charge < -0.3 is 9.88 Å². The molecule has 150 valence electrons. The molecule has 0 spiro atoms. The Balaban J connectivity index is 1.57. The third kappa shape index (κ3) is 3.46. The molecule has 1 unspecified atom stereocenters. The highest BCUT2D eigenvalue weighted by molar-refractivity contribution is 5.96. The van der Waals surface area contributed by atoms with E-state index in [1.165, 1.54) is 0 Å². The number of Topliss-reactive ketones (excluding diaryl/α,β-unsaturated/α-hetero) is 1. The van der Waals surface area contributed by atoms with Crippen molar-refractivity contribution in [2.24, 2.45) is 0 Å². The van der Waals surface area contributed by atoms with Crippen LogP contribution in [0.1, 0.15) is 58.1 Å². The third-order valence-corrected chi connectivity index (χ3v) is 5.52. The Kier molecular flexibility index (Phi) is 5.00. The first kappa shape index (κ1) is 19.0. The van der Waals surface area contributed by atoms with Gasteiger partial charge in [0.25, 0.3) is 0 Å². The van der Waals surface area contributed by atoms with Gasteiger partial charge in [-0.1, -0.05) is 6.07 Å². The molecule has 0 aliphatic carbocycles. The van der Waals surface area contributed by atoms with E-state index in [1.54, 1.807) is 30.3 Å². The van der Waals surface area contributed by atoms with Gasteiger partial charge >= 0.3 is 0 Å². The maximum Gasteiger partial charge on any atom is 0.225 e. The molecule has 0 radical (unpaired) electrons. The van der Waals surface area contributed by atoms with Gasteiger partial charge in [0.15, 0.2) is 5.78 Å². The van der Waals surface area contributed by atoms with Gasteiger partial charge in [0.1, 0.15) is 6.04 Å². The molecule has 0 aromatic carbocycles. The van der Waals surface area contributed by atoms with Crippen molar-refractivity contribution in [2.45, 2.75) is 46.2 Å². The normalized spacial score (nSPS) is 16.0. The van der Waals surface area contributed by atoms with Crippen molar-refractivity contribution in [1.82, 2.24) is 29.6 Å². The van der Waals surface area contributed by atoms with Crippen molar-refractivity contribution in [3.63, 3.8) is 0 Å². The molecule has 0 saturated carbocycles. The molecule has 0 fully saturated rings. The van der Waals surface area contributed by atoms with E-state index in [0.29, 0.717) is 30.8 Å². The number of aryl methyl sites for hydroxylation is 2. The van der Waals surface area contributed by atoms with Gasteiger partial charge in [0, 0.05) is 49.7 Å². The standard InChI is InChI=1S/C21H24N6O2/c1-13-19(15(3)28)14(2)27(25-13)10-7-18(29)26-9-6-17-20(24-12-23-17)21(26)16-5-4-8-22-11-16/h4-5,8,11-12,21H,6-7,9-10H2,1-3H3,(H,23,24). The van der Waals surface area contributed by atoms with Crippen molar-refractivity contribution in [3.8, 4) is 0 Å². The second kappa shape index (κ2) is 7.62.